The molecule has 0 atom stereocenters. The van der Waals surface area contributed by atoms with Crippen molar-refractivity contribution in [2.75, 3.05) is 0 Å². The van der Waals surface area contributed by atoms with E-state index in [9.17, 15) is 9.59 Å². The summed E-state index contributed by atoms with van der Waals surface area (Å²) in [6.07, 6.45) is 12.5. The van der Waals surface area contributed by atoms with E-state index in [2.05, 4.69) is 10.1 Å². The van der Waals surface area contributed by atoms with Crippen LogP contribution in [0.5, 0.6) is 0 Å². The maximum absolute atomic E-state index is 13.5. The molecule has 2 aliphatic rings. The van der Waals surface area contributed by atoms with Crippen molar-refractivity contribution < 1.29 is 14.1 Å². The number of benzene rings is 1. The molecule has 5 heteroatoms. The Hall–Kier alpha value is -2.43. The van der Waals surface area contributed by atoms with Crippen molar-refractivity contribution >= 4 is 12.2 Å². The molecule has 2 aliphatic carbocycles. The lowest BCUT2D eigenvalue weighted by molar-refractivity contribution is 0.0438. The van der Waals surface area contributed by atoms with Crippen LogP contribution in [0.4, 0.5) is 0 Å². The fourth-order valence-corrected chi connectivity index (χ4v) is 4.76. The summed E-state index contributed by atoms with van der Waals surface area (Å²) in [5, 5.41) is 4.10. The Labute approximate surface area is 166 Å². The Morgan fingerprint density at radius 1 is 0.964 bits per heavy atom. The van der Waals surface area contributed by atoms with Crippen LogP contribution in [0.3, 0.4) is 0 Å². The van der Waals surface area contributed by atoms with Crippen LogP contribution in [0.15, 0.2) is 34.9 Å². The van der Waals surface area contributed by atoms with E-state index in [-0.39, 0.29) is 5.91 Å². The number of rotatable bonds is 5. The Balaban J connectivity index is 1.59. The third kappa shape index (κ3) is 4.03. The second kappa shape index (κ2) is 8.72. The van der Waals surface area contributed by atoms with Gasteiger partial charge in [0.05, 0.1) is 0 Å². The van der Waals surface area contributed by atoms with Crippen molar-refractivity contribution in [1.29, 1.82) is 0 Å². The van der Waals surface area contributed by atoms with Crippen LogP contribution in [0.25, 0.3) is 11.3 Å². The molecule has 0 radical (unpaired) electrons. The van der Waals surface area contributed by atoms with Crippen LogP contribution in [0, 0.1) is 0 Å². The molecule has 0 bridgehead atoms. The summed E-state index contributed by atoms with van der Waals surface area (Å²) in [5.74, 6) is 0.527. The predicted octanol–water partition coefficient (Wildman–Crippen LogP) is 5.26. The number of nitrogens with zero attached hydrogens (tertiary/aromatic N) is 2. The number of hydrogen-bond acceptors (Lipinski definition) is 4. The molecule has 2 saturated carbocycles. The quantitative estimate of drug-likeness (QED) is 0.664. The van der Waals surface area contributed by atoms with E-state index in [0.29, 0.717) is 29.1 Å². The summed E-state index contributed by atoms with van der Waals surface area (Å²) in [4.78, 5) is 26.6. The average Bonchev–Trinajstić information content (AvgIpc) is 3.26. The van der Waals surface area contributed by atoms with Gasteiger partial charge in [-0.05, 0) is 31.7 Å². The fraction of sp³-hybridized carbons (Fsp3) is 0.522. The molecule has 0 aliphatic heterocycles. The number of aldehydes is 1. The lowest BCUT2D eigenvalue weighted by Gasteiger charge is -2.41. The zero-order valence-corrected chi connectivity index (χ0v) is 16.3. The van der Waals surface area contributed by atoms with Crippen LogP contribution >= 0.6 is 0 Å². The Morgan fingerprint density at radius 3 is 2.21 bits per heavy atom. The van der Waals surface area contributed by atoms with Gasteiger partial charge in [0.1, 0.15) is 6.29 Å². The van der Waals surface area contributed by atoms with Gasteiger partial charge in [0.15, 0.2) is 11.5 Å². The van der Waals surface area contributed by atoms with E-state index < -0.39 is 0 Å². The molecule has 148 valence electrons. The summed E-state index contributed by atoms with van der Waals surface area (Å²) < 4.78 is 5.48. The highest BCUT2D eigenvalue weighted by molar-refractivity contribution is 5.93. The summed E-state index contributed by atoms with van der Waals surface area (Å²) in [5.41, 5.74) is 1.72. The van der Waals surface area contributed by atoms with Crippen LogP contribution in [0.2, 0.25) is 0 Å². The molecule has 28 heavy (non-hydrogen) atoms. The molecule has 5 nitrogen and oxygen atoms in total. The standard InChI is InChI=1S/C23H28N2O3/c26-16-17-8-7-9-18(14-17)22-15-21(24-28-22)23(27)25(19-10-3-1-4-11-19)20-12-5-2-6-13-20/h7-9,14-16,19-20H,1-6,10-13H2. The monoisotopic (exact) mass is 380 g/mol. The van der Waals surface area contributed by atoms with Gasteiger partial charge >= 0.3 is 0 Å². The summed E-state index contributed by atoms with van der Waals surface area (Å²) in [6.45, 7) is 0. The molecule has 4 rings (SSSR count). The highest BCUT2D eigenvalue weighted by Crippen LogP contribution is 2.32. The van der Waals surface area contributed by atoms with Gasteiger partial charge < -0.3 is 9.42 Å². The van der Waals surface area contributed by atoms with Crippen LogP contribution < -0.4 is 0 Å². The number of carbonyl (C=O) groups excluding carboxylic acids is 2. The van der Waals surface area contributed by atoms with Crippen LogP contribution in [-0.4, -0.2) is 34.3 Å². The summed E-state index contributed by atoms with van der Waals surface area (Å²) >= 11 is 0. The normalized spacial score (nSPS) is 18.7. The number of aromatic nitrogens is 1. The van der Waals surface area contributed by atoms with Gasteiger partial charge in [0.25, 0.3) is 5.91 Å². The smallest absolute Gasteiger partial charge is 0.276 e. The minimum absolute atomic E-state index is 0.000317. The summed E-state index contributed by atoms with van der Waals surface area (Å²) in [7, 11) is 0. The van der Waals surface area contributed by atoms with Gasteiger partial charge in [-0.15, -0.1) is 0 Å². The van der Waals surface area contributed by atoms with E-state index in [1.54, 1.807) is 24.3 Å². The van der Waals surface area contributed by atoms with Crippen molar-refractivity contribution in [2.24, 2.45) is 0 Å². The van der Waals surface area contributed by atoms with Gasteiger partial charge in [-0.25, -0.2) is 0 Å². The van der Waals surface area contributed by atoms with Gasteiger partial charge in [0, 0.05) is 29.3 Å². The van der Waals surface area contributed by atoms with Crippen LogP contribution in [0.1, 0.15) is 85.1 Å². The number of hydrogen-bond donors (Lipinski definition) is 0. The molecule has 0 spiro atoms. The first-order valence-electron chi connectivity index (χ1n) is 10.6. The van der Waals surface area contributed by atoms with Crippen LogP contribution in [-0.2, 0) is 0 Å². The first-order valence-corrected chi connectivity index (χ1v) is 10.6. The predicted molar refractivity (Wildman–Crippen MR) is 107 cm³/mol. The van der Waals surface area contributed by atoms with Crippen molar-refractivity contribution in [3.8, 4) is 11.3 Å². The molecule has 0 saturated heterocycles. The van der Waals surface area contributed by atoms with Gasteiger partial charge in [0.2, 0.25) is 0 Å². The lowest BCUT2D eigenvalue weighted by atomic mass is 9.88. The van der Waals surface area contributed by atoms with E-state index in [1.807, 2.05) is 6.07 Å². The van der Waals surface area contributed by atoms with Gasteiger partial charge in [-0.1, -0.05) is 61.9 Å². The maximum Gasteiger partial charge on any atom is 0.276 e. The first kappa shape index (κ1) is 18.9. The third-order valence-corrected chi connectivity index (χ3v) is 6.21. The van der Waals surface area contributed by atoms with Crippen molar-refractivity contribution in [1.82, 2.24) is 10.1 Å². The molecule has 2 aromatic rings. The molecule has 2 fully saturated rings. The van der Waals surface area contributed by atoms with Gasteiger partial charge in [-0.3, -0.25) is 9.59 Å². The van der Waals surface area contributed by atoms with Crippen molar-refractivity contribution in [3.63, 3.8) is 0 Å². The van der Waals surface area contributed by atoms with E-state index in [4.69, 9.17) is 4.52 Å². The third-order valence-electron chi connectivity index (χ3n) is 6.21. The number of carbonyl (C=O) groups is 2. The van der Waals surface area contributed by atoms with E-state index in [0.717, 1.165) is 37.5 Å². The van der Waals surface area contributed by atoms with E-state index in [1.165, 1.54) is 38.5 Å². The maximum atomic E-state index is 13.5. The molecular weight excluding hydrogens is 352 g/mol. The largest absolute Gasteiger partial charge is 0.355 e. The molecule has 1 amide bonds. The molecule has 0 N–H and O–H groups in total. The number of amides is 1. The molecule has 0 unspecified atom stereocenters. The minimum Gasteiger partial charge on any atom is -0.355 e. The highest BCUT2D eigenvalue weighted by atomic mass is 16.5. The zero-order chi connectivity index (χ0) is 19.3. The minimum atomic E-state index is 0.000317. The highest BCUT2D eigenvalue weighted by Gasteiger charge is 2.34. The second-order valence-corrected chi connectivity index (χ2v) is 8.12. The second-order valence-electron chi connectivity index (χ2n) is 8.12. The molecule has 1 heterocycles. The average molecular weight is 380 g/mol. The molecule has 1 aromatic carbocycles. The molecule has 1 aromatic heterocycles. The molecular formula is C23H28N2O3. The Kier molecular flexibility index (Phi) is 5.89. The fourth-order valence-electron chi connectivity index (χ4n) is 4.76. The van der Waals surface area contributed by atoms with Crippen molar-refractivity contribution in [2.45, 2.75) is 76.3 Å². The SMILES string of the molecule is O=Cc1cccc(-c2cc(C(=O)N(C3CCCCC3)C3CCCCC3)no2)c1. The lowest BCUT2D eigenvalue weighted by Crippen LogP contribution is -2.48. The topological polar surface area (TPSA) is 63.4 Å². The summed E-state index contributed by atoms with van der Waals surface area (Å²) in [6, 6.07) is 9.53. The van der Waals surface area contributed by atoms with E-state index >= 15 is 0 Å². The Morgan fingerprint density at radius 2 is 1.61 bits per heavy atom. The Bertz CT molecular complexity index is 799. The zero-order valence-electron chi connectivity index (χ0n) is 16.3. The van der Waals surface area contributed by atoms with Gasteiger partial charge in [-0.2, -0.15) is 0 Å². The van der Waals surface area contributed by atoms with Crippen molar-refractivity contribution in [3.05, 3.63) is 41.6 Å². The first-order chi connectivity index (χ1) is 13.8.